The van der Waals surface area contributed by atoms with Gasteiger partial charge in [-0.05, 0) is 53.8 Å². The van der Waals surface area contributed by atoms with Crippen molar-refractivity contribution in [2.24, 2.45) is 5.18 Å². The molecule has 1 aliphatic rings. The average molecular weight is 440 g/mol. The van der Waals surface area contributed by atoms with E-state index < -0.39 is 17.4 Å². The first kappa shape index (κ1) is 23.3. The Morgan fingerprint density at radius 2 is 1.88 bits per heavy atom. The molecule has 1 amide bonds. The summed E-state index contributed by atoms with van der Waals surface area (Å²) in [4.78, 5) is 25.1. The van der Waals surface area contributed by atoms with E-state index in [9.17, 15) is 14.8 Å². The molecule has 0 radical (unpaired) electrons. The number of amides is 1. The first-order valence-electron chi connectivity index (χ1n) is 10.5. The SMILES string of the molecule is COc1cc2c(cc1OC)C(c1ccccc1)N(CCCNC(=O)/C(N=O)=C(/C)O)CC2. The summed E-state index contributed by atoms with van der Waals surface area (Å²) in [5.41, 5.74) is 3.10. The lowest BCUT2D eigenvalue weighted by Gasteiger charge is -2.38. The molecule has 2 aromatic rings. The number of benzene rings is 2. The summed E-state index contributed by atoms with van der Waals surface area (Å²) < 4.78 is 11.0. The number of allylic oxidation sites excluding steroid dienone is 1. The highest BCUT2D eigenvalue weighted by molar-refractivity contribution is 5.93. The highest BCUT2D eigenvalue weighted by Crippen LogP contribution is 2.40. The number of nitrogens with one attached hydrogen (secondary N) is 1. The summed E-state index contributed by atoms with van der Waals surface area (Å²) in [5.74, 6) is 0.362. The minimum Gasteiger partial charge on any atom is -0.510 e. The van der Waals surface area contributed by atoms with Gasteiger partial charge in [0.25, 0.3) is 5.91 Å². The molecule has 0 fully saturated rings. The molecular formula is C24H29N3O5. The Bertz CT molecular complexity index is 987. The van der Waals surface area contributed by atoms with Crippen LogP contribution in [0.25, 0.3) is 0 Å². The van der Waals surface area contributed by atoms with Crippen LogP contribution in [0.2, 0.25) is 0 Å². The van der Waals surface area contributed by atoms with Crippen LogP contribution in [0, 0.1) is 4.91 Å². The summed E-state index contributed by atoms with van der Waals surface area (Å²) in [6, 6.07) is 14.4. The van der Waals surface area contributed by atoms with Crippen molar-refractivity contribution < 1.29 is 19.4 Å². The summed E-state index contributed by atoms with van der Waals surface area (Å²) >= 11 is 0. The van der Waals surface area contributed by atoms with Crippen molar-refractivity contribution in [3.05, 3.63) is 75.5 Å². The predicted molar refractivity (Wildman–Crippen MR) is 122 cm³/mol. The van der Waals surface area contributed by atoms with Crippen LogP contribution >= 0.6 is 0 Å². The number of fused-ring (bicyclic) bond motifs is 1. The predicted octanol–water partition coefficient (Wildman–Crippen LogP) is 3.71. The molecule has 2 N–H and O–H groups in total. The molecule has 0 aromatic heterocycles. The van der Waals surface area contributed by atoms with Crippen LogP contribution < -0.4 is 14.8 Å². The highest BCUT2D eigenvalue weighted by atomic mass is 16.5. The standard InChI is InChI=1S/C24H29N3O5/c1-16(28)22(26-30)24(29)25-11-7-12-27-13-10-18-14-20(31-2)21(32-3)15-19(18)23(27)17-8-5-4-6-9-17/h4-6,8-9,14-15,23,28H,7,10-13H2,1-3H3,(H,25,29)/b22-16+. The van der Waals surface area contributed by atoms with Gasteiger partial charge in [-0.3, -0.25) is 9.69 Å². The lowest BCUT2D eigenvalue weighted by atomic mass is 9.87. The Balaban J connectivity index is 1.79. The van der Waals surface area contributed by atoms with Crippen LogP contribution in [0.4, 0.5) is 0 Å². The van der Waals surface area contributed by atoms with Gasteiger partial charge in [0.1, 0.15) is 5.76 Å². The number of hydrogen-bond acceptors (Lipinski definition) is 7. The smallest absolute Gasteiger partial charge is 0.277 e. The summed E-state index contributed by atoms with van der Waals surface area (Å²) in [5, 5.41) is 14.6. The third-order valence-electron chi connectivity index (χ3n) is 5.65. The molecule has 0 saturated heterocycles. The normalized spacial score (nSPS) is 16.5. The van der Waals surface area contributed by atoms with E-state index >= 15 is 0 Å². The molecule has 1 aliphatic heterocycles. The fraction of sp³-hybridized carbons (Fsp3) is 0.375. The third-order valence-corrected chi connectivity index (χ3v) is 5.65. The fourth-order valence-corrected chi connectivity index (χ4v) is 4.10. The molecular weight excluding hydrogens is 410 g/mol. The van der Waals surface area contributed by atoms with E-state index in [1.54, 1.807) is 14.2 Å². The van der Waals surface area contributed by atoms with E-state index in [4.69, 9.17) is 9.47 Å². The van der Waals surface area contributed by atoms with E-state index in [2.05, 4.69) is 39.7 Å². The van der Waals surface area contributed by atoms with Crippen molar-refractivity contribution in [1.29, 1.82) is 0 Å². The van der Waals surface area contributed by atoms with Gasteiger partial charge in [-0.2, -0.15) is 0 Å². The summed E-state index contributed by atoms with van der Waals surface area (Å²) in [7, 11) is 3.28. The first-order valence-corrected chi connectivity index (χ1v) is 10.5. The minimum atomic E-state index is -0.666. The molecule has 170 valence electrons. The molecule has 1 unspecified atom stereocenters. The molecule has 0 aliphatic carbocycles. The van der Waals surface area contributed by atoms with Gasteiger partial charge in [0, 0.05) is 19.6 Å². The van der Waals surface area contributed by atoms with Gasteiger partial charge in [0.05, 0.1) is 20.3 Å². The van der Waals surface area contributed by atoms with Crippen molar-refractivity contribution in [3.8, 4) is 11.5 Å². The molecule has 0 bridgehead atoms. The van der Waals surface area contributed by atoms with Crippen molar-refractivity contribution in [3.63, 3.8) is 0 Å². The van der Waals surface area contributed by atoms with Crippen molar-refractivity contribution in [2.45, 2.75) is 25.8 Å². The second-order valence-electron chi connectivity index (χ2n) is 7.64. The maximum absolute atomic E-state index is 12.0. The minimum absolute atomic E-state index is 0.0437. The van der Waals surface area contributed by atoms with E-state index in [1.165, 1.54) is 23.6 Å². The van der Waals surface area contributed by atoms with Crippen LogP contribution in [0.15, 0.2) is 59.1 Å². The van der Waals surface area contributed by atoms with Gasteiger partial charge in [0.15, 0.2) is 11.5 Å². The van der Waals surface area contributed by atoms with E-state index in [-0.39, 0.29) is 6.04 Å². The molecule has 0 spiro atoms. The van der Waals surface area contributed by atoms with Crippen molar-refractivity contribution in [1.82, 2.24) is 10.2 Å². The van der Waals surface area contributed by atoms with Crippen LogP contribution in [-0.2, 0) is 11.2 Å². The second kappa shape index (κ2) is 10.8. The van der Waals surface area contributed by atoms with Crippen LogP contribution in [0.1, 0.15) is 36.1 Å². The number of hydrogen-bond donors (Lipinski definition) is 2. The highest BCUT2D eigenvalue weighted by Gasteiger charge is 2.30. The zero-order chi connectivity index (χ0) is 23.1. The molecule has 1 heterocycles. The van der Waals surface area contributed by atoms with E-state index in [1.807, 2.05) is 18.2 Å². The van der Waals surface area contributed by atoms with Gasteiger partial charge >= 0.3 is 0 Å². The van der Waals surface area contributed by atoms with Gasteiger partial charge < -0.3 is 19.9 Å². The zero-order valence-electron chi connectivity index (χ0n) is 18.6. The molecule has 1 atom stereocenters. The second-order valence-corrected chi connectivity index (χ2v) is 7.64. The van der Waals surface area contributed by atoms with E-state index in [0.29, 0.717) is 18.7 Å². The van der Waals surface area contributed by atoms with Gasteiger partial charge in [-0.1, -0.05) is 30.3 Å². The monoisotopic (exact) mass is 439 g/mol. The largest absolute Gasteiger partial charge is 0.510 e. The number of nitroso groups, excluding NO2 is 1. The number of carbonyl (C=O) groups is 1. The quantitative estimate of drug-likeness (QED) is 0.267. The first-order chi connectivity index (χ1) is 15.5. The third kappa shape index (κ3) is 5.08. The zero-order valence-corrected chi connectivity index (χ0v) is 18.6. The average Bonchev–Trinajstić information content (AvgIpc) is 2.81. The molecule has 8 nitrogen and oxygen atoms in total. The summed E-state index contributed by atoms with van der Waals surface area (Å²) in [6.07, 6.45) is 1.55. The number of ether oxygens (including phenoxy) is 2. The number of aliphatic hydroxyl groups is 1. The Morgan fingerprint density at radius 1 is 1.19 bits per heavy atom. The number of rotatable bonds is 9. The lowest BCUT2D eigenvalue weighted by Crippen LogP contribution is -2.38. The molecule has 8 heteroatoms. The Kier molecular flexibility index (Phi) is 7.83. The van der Waals surface area contributed by atoms with Gasteiger partial charge in [-0.15, -0.1) is 4.91 Å². The number of aliphatic hydroxyl groups excluding tert-OH is 1. The Labute approximate surface area is 187 Å². The van der Waals surface area contributed by atoms with E-state index in [0.717, 1.165) is 25.3 Å². The number of nitrogens with zero attached hydrogens (tertiary/aromatic N) is 2. The van der Waals surface area contributed by atoms with Gasteiger partial charge in [0.2, 0.25) is 5.70 Å². The molecule has 2 aromatic carbocycles. The fourth-order valence-electron chi connectivity index (χ4n) is 4.10. The number of carbonyl (C=O) groups excluding carboxylic acids is 1. The molecule has 0 saturated carbocycles. The van der Waals surface area contributed by atoms with Crippen molar-refractivity contribution >= 4 is 5.91 Å². The molecule has 32 heavy (non-hydrogen) atoms. The molecule has 3 rings (SSSR count). The van der Waals surface area contributed by atoms with Gasteiger partial charge in [-0.25, -0.2) is 0 Å². The number of methoxy groups -OCH3 is 2. The van der Waals surface area contributed by atoms with Crippen LogP contribution in [0.5, 0.6) is 11.5 Å². The topological polar surface area (TPSA) is 100 Å². The van der Waals surface area contributed by atoms with Crippen molar-refractivity contribution in [2.75, 3.05) is 33.9 Å². The van der Waals surface area contributed by atoms with Crippen LogP contribution in [-0.4, -0.2) is 49.8 Å². The Morgan fingerprint density at radius 3 is 2.50 bits per heavy atom. The summed E-state index contributed by atoms with van der Waals surface area (Å²) in [6.45, 7) is 3.21. The Hall–Kier alpha value is -3.39. The van der Waals surface area contributed by atoms with Crippen LogP contribution in [0.3, 0.4) is 0 Å². The maximum atomic E-state index is 12.0. The lowest BCUT2D eigenvalue weighted by molar-refractivity contribution is -0.117. The maximum Gasteiger partial charge on any atom is 0.277 e.